The average Bonchev–Trinajstić information content (AvgIpc) is 2.93. The summed E-state index contributed by atoms with van der Waals surface area (Å²) in [6.45, 7) is 0. The minimum Gasteiger partial charge on any atom is -0.475 e. The molecule has 1 heterocycles. The van der Waals surface area contributed by atoms with E-state index in [1.165, 1.54) is 0 Å². The number of carbonyl (C=O) groups excluding carboxylic acids is 1. The van der Waals surface area contributed by atoms with Crippen LogP contribution in [0.25, 0.3) is 0 Å². The first kappa shape index (κ1) is 9.48. The molecule has 1 fully saturated rings. The third-order valence-electron chi connectivity index (χ3n) is 2.69. The van der Waals surface area contributed by atoms with Gasteiger partial charge in [0, 0.05) is 23.4 Å². The van der Waals surface area contributed by atoms with Crippen LogP contribution < -0.4 is 10.1 Å². The lowest BCUT2D eigenvalue weighted by Crippen LogP contribution is -2.38. The summed E-state index contributed by atoms with van der Waals surface area (Å²) in [7, 11) is 0. The number of rotatable bonds is 0. The fourth-order valence-electron chi connectivity index (χ4n) is 1.65. The van der Waals surface area contributed by atoms with Crippen LogP contribution >= 0.6 is 27.5 Å². The molecule has 78 valence electrons. The van der Waals surface area contributed by atoms with Gasteiger partial charge in [-0.2, -0.15) is 0 Å². The zero-order valence-corrected chi connectivity index (χ0v) is 9.98. The van der Waals surface area contributed by atoms with Gasteiger partial charge in [-0.25, -0.2) is 0 Å². The molecular weight excluding hydrogens is 281 g/mol. The van der Waals surface area contributed by atoms with E-state index in [0.29, 0.717) is 16.5 Å². The minimum absolute atomic E-state index is 0.0516. The molecule has 1 aliphatic carbocycles. The van der Waals surface area contributed by atoms with Crippen LogP contribution in [0, 0.1) is 0 Å². The maximum Gasteiger partial charge on any atom is 0.268 e. The van der Waals surface area contributed by atoms with Crippen molar-refractivity contribution in [3.05, 3.63) is 21.6 Å². The third-order valence-corrected chi connectivity index (χ3v) is 3.89. The molecule has 1 N–H and O–H groups in total. The van der Waals surface area contributed by atoms with Gasteiger partial charge in [0.05, 0.1) is 10.7 Å². The van der Waals surface area contributed by atoms with Crippen LogP contribution in [0.4, 0.5) is 5.69 Å². The van der Waals surface area contributed by atoms with Gasteiger partial charge in [-0.3, -0.25) is 4.79 Å². The van der Waals surface area contributed by atoms with Crippen molar-refractivity contribution < 1.29 is 9.53 Å². The fourth-order valence-corrected chi connectivity index (χ4v) is 2.14. The SMILES string of the molecule is O=C1Nc2cc(Br)c(Cl)cc2OC12CC2. The predicted molar refractivity (Wildman–Crippen MR) is 60.4 cm³/mol. The van der Waals surface area contributed by atoms with Crippen molar-refractivity contribution in [1.82, 2.24) is 0 Å². The Hall–Kier alpha value is -0.740. The Balaban J connectivity index is 2.09. The Morgan fingerprint density at radius 3 is 2.87 bits per heavy atom. The number of ether oxygens (including phenoxy) is 1. The van der Waals surface area contributed by atoms with E-state index in [1.807, 2.05) is 0 Å². The Kier molecular flexibility index (Phi) is 1.83. The molecule has 15 heavy (non-hydrogen) atoms. The largest absolute Gasteiger partial charge is 0.475 e. The molecule has 2 aliphatic rings. The van der Waals surface area contributed by atoms with Crippen LogP contribution in [-0.4, -0.2) is 11.5 Å². The standard InChI is InChI=1S/C10H7BrClNO2/c11-5-3-7-8(4-6(5)12)15-10(1-2-10)9(14)13-7/h3-4H,1-2H2,(H,13,14). The number of anilines is 1. The van der Waals surface area contributed by atoms with Gasteiger partial charge in [-0.1, -0.05) is 11.6 Å². The van der Waals surface area contributed by atoms with E-state index in [0.717, 1.165) is 17.3 Å². The first-order chi connectivity index (χ1) is 7.11. The summed E-state index contributed by atoms with van der Waals surface area (Å²) in [5.41, 5.74) is 0.0678. The molecular formula is C10H7BrClNO2. The summed E-state index contributed by atoms with van der Waals surface area (Å²) < 4.78 is 6.41. The number of nitrogens with one attached hydrogen (secondary N) is 1. The van der Waals surface area contributed by atoms with E-state index in [-0.39, 0.29) is 5.91 Å². The second-order valence-corrected chi connectivity index (χ2v) is 5.07. The average molecular weight is 289 g/mol. The van der Waals surface area contributed by atoms with Gasteiger partial charge in [0.15, 0.2) is 5.60 Å². The first-order valence-electron chi connectivity index (χ1n) is 4.60. The number of fused-ring (bicyclic) bond motifs is 1. The van der Waals surface area contributed by atoms with E-state index >= 15 is 0 Å². The number of amides is 1. The van der Waals surface area contributed by atoms with Crippen LogP contribution in [0.3, 0.4) is 0 Å². The minimum atomic E-state index is -0.607. The molecule has 5 heteroatoms. The van der Waals surface area contributed by atoms with E-state index in [2.05, 4.69) is 21.2 Å². The fraction of sp³-hybridized carbons (Fsp3) is 0.300. The second-order valence-electron chi connectivity index (χ2n) is 3.81. The van der Waals surface area contributed by atoms with Crippen molar-refractivity contribution in [3.8, 4) is 5.75 Å². The molecule has 0 saturated heterocycles. The smallest absolute Gasteiger partial charge is 0.268 e. The lowest BCUT2D eigenvalue weighted by molar-refractivity contribution is -0.125. The maximum absolute atomic E-state index is 11.7. The van der Waals surface area contributed by atoms with Crippen LogP contribution in [0.1, 0.15) is 12.8 Å². The maximum atomic E-state index is 11.7. The highest BCUT2D eigenvalue weighted by Crippen LogP contribution is 2.48. The molecule has 1 amide bonds. The van der Waals surface area contributed by atoms with Crippen molar-refractivity contribution in [2.45, 2.75) is 18.4 Å². The van der Waals surface area contributed by atoms with E-state index < -0.39 is 5.60 Å². The first-order valence-corrected chi connectivity index (χ1v) is 5.77. The third kappa shape index (κ3) is 1.35. The van der Waals surface area contributed by atoms with Crippen molar-refractivity contribution in [3.63, 3.8) is 0 Å². The van der Waals surface area contributed by atoms with Crippen molar-refractivity contribution in [2.75, 3.05) is 5.32 Å². The van der Waals surface area contributed by atoms with Crippen molar-refractivity contribution in [2.24, 2.45) is 0 Å². The van der Waals surface area contributed by atoms with Gasteiger partial charge in [0.25, 0.3) is 5.91 Å². The topological polar surface area (TPSA) is 38.3 Å². The second kappa shape index (κ2) is 2.89. The zero-order valence-electron chi connectivity index (χ0n) is 7.64. The van der Waals surface area contributed by atoms with E-state index in [4.69, 9.17) is 16.3 Å². The van der Waals surface area contributed by atoms with Gasteiger partial charge >= 0.3 is 0 Å². The van der Waals surface area contributed by atoms with Crippen LogP contribution in [0.5, 0.6) is 5.75 Å². The van der Waals surface area contributed by atoms with Crippen LogP contribution in [0.15, 0.2) is 16.6 Å². The highest BCUT2D eigenvalue weighted by Gasteiger charge is 2.55. The highest BCUT2D eigenvalue weighted by atomic mass is 79.9. The van der Waals surface area contributed by atoms with E-state index in [1.54, 1.807) is 12.1 Å². The summed E-state index contributed by atoms with van der Waals surface area (Å²) in [5, 5.41) is 3.41. The predicted octanol–water partition coefficient (Wildman–Crippen LogP) is 2.97. The molecule has 1 aromatic carbocycles. The summed E-state index contributed by atoms with van der Waals surface area (Å²) in [4.78, 5) is 11.7. The van der Waals surface area contributed by atoms with Crippen LogP contribution in [-0.2, 0) is 4.79 Å². The molecule has 1 aliphatic heterocycles. The summed E-state index contributed by atoms with van der Waals surface area (Å²) in [5.74, 6) is 0.601. The van der Waals surface area contributed by atoms with E-state index in [9.17, 15) is 4.79 Å². The summed E-state index contributed by atoms with van der Waals surface area (Å²) >= 11 is 9.26. The van der Waals surface area contributed by atoms with Gasteiger partial charge in [0.2, 0.25) is 0 Å². The van der Waals surface area contributed by atoms with Gasteiger partial charge in [0.1, 0.15) is 5.75 Å². The Morgan fingerprint density at radius 1 is 1.47 bits per heavy atom. The monoisotopic (exact) mass is 287 g/mol. The molecule has 1 saturated carbocycles. The molecule has 3 nitrogen and oxygen atoms in total. The quantitative estimate of drug-likeness (QED) is 0.797. The van der Waals surface area contributed by atoms with Crippen molar-refractivity contribution >= 4 is 39.1 Å². The van der Waals surface area contributed by atoms with Crippen LogP contribution in [0.2, 0.25) is 5.02 Å². The molecule has 1 spiro atoms. The molecule has 0 aromatic heterocycles. The Morgan fingerprint density at radius 2 is 2.20 bits per heavy atom. The zero-order chi connectivity index (χ0) is 10.6. The molecule has 0 unspecified atom stereocenters. The number of halogens is 2. The van der Waals surface area contributed by atoms with Gasteiger partial charge < -0.3 is 10.1 Å². The molecule has 0 atom stereocenters. The lowest BCUT2D eigenvalue weighted by Gasteiger charge is -2.26. The molecule has 0 bridgehead atoms. The number of hydrogen-bond acceptors (Lipinski definition) is 2. The Labute approximate surface area is 99.9 Å². The Bertz CT molecular complexity index is 471. The molecule has 0 radical (unpaired) electrons. The number of carbonyl (C=O) groups is 1. The highest BCUT2D eigenvalue weighted by molar-refractivity contribution is 9.10. The summed E-state index contributed by atoms with van der Waals surface area (Å²) in [6, 6.07) is 3.48. The summed E-state index contributed by atoms with van der Waals surface area (Å²) in [6.07, 6.45) is 1.57. The normalized spacial score (nSPS) is 20.5. The van der Waals surface area contributed by atoms with Gasteiger partial charge in [-0.05, 0) is 22.0 Å². The van der Waals surface area contributed by atoms with Crippen molar-refractivity contribution in [1.29, 1.82) is 0 Å². The molecule has 1 aromatic rings. The van der Waals surface area contributed by atoms with Gasteiger partial charge in [-0.15, -0.1) is 0 Å². The number of hydrogen-bond donors (Lipinski definition) is 1. The lowest BCUT2D eigenvalue weighted by atomic mass is 10.2. The molecule has 3 rings (SSSR count). The number of benzene rings is 1.